The Hall–Kier alpha value is -4.00. The van der Waals surface area contributed by atoms with Crippen LogP contribution < -0.4 is 5.32 Å². The Labute approximate surface area is 184 Å². The molecule has 1 aromatic carbocycles. The van der Waals surface area contributed by atoms with Crippen LogP contribution in [0.2, 0.25) is 0 Å². The molecule has 0 aliphatic heterocycles. The molecule has 7 heteroatoms. The van der Waals surface area contributed by atoms with Crippen molar-refractivity contribution in [2.45, 2.75) is 19.9 Å². The molecule has 0 unspecified atom stereocenters. The molecule has 0 bridgehead atoms. The van der Waals surface area contributed by atoms with E-state index in [0.717, 1.165) is 11.8 Å². The van der Waals surface area contributed by atoms with Gasteiger partial charge in [-0.15, -0.1) is 0 Å². The maximum absolute atomic E-state index is 14.4. The molecule has 0 radical (unpaired) electrons. The van der Waals surface area contributed by atoms with Crippen LogP contribution in [0.5, 0.6) is 0 Å². The van der Waals surface area contributed by atoms with E-state index in [-0.39, 0.29) is 11.6 Å². The minimum absolute atomic E-state index is 0.142. The number of rotatable bonds is 5. The van der Waals surface area contributed by atoms with Gasteiger partial charge in [-0.2, -0.15) is 0 Å². The van der Waals surface area contributed by atoms with Crippen molar-refractivity contribution in [1.82, 2.24) is 20.3 Å². The van der Waals surface area contributed by atoms with Gasteiger partial charge in [-0.3, -0.25) is 19.7 Å². The Morgan fingerprint density at radius 3 is 2.44 bits per heavy atom. The van der Waals surface area contributed by atoms with Crippen LogP contribution in [-0.2, 0) is 0 Å². The molecule has 0 fully saturated rings. The van der Waals surface area contributed by atoms with E-state index in [0.29, 0.717) is 28.1 Å². The second-order valence-corrected chi connectivity index (χ2v) is 7.45. The third kappa shape index (κ3) is 4.67. The van der Waals surface area contributed by atoms with Gasteiger partial charge in [0.2, 0.25) is 0 Å². The fourth-order valence-electron chi connectivity index (χ4n) is 3.28. The van der Waals surface area contributed by atoms with E-state index < -0.39 is 17.7 Å². The van der Waals surface area contributed by atoms with E-state index in [1.54, 1.807) is 31.3 Å². The summed E-state index contributed by atoms with van der Waals surface area (Å²) in [5.41, 5.74) is 3.75. The number of hydrogen-bond acceptors (Lipinski definition) is 4. The number of aromatic nitrogens is 3. The standard InChI is InChI=1S/C25H20F2N4O/c1-15-5-7-23(29-13-15)17-10-18(24-21(27)4-3-9-28-24)12-19(11-17)25(32)31-16(2)22-8-6-20(26)14-30-22/h3-14,16H,1-2H3,(H,31,32)/t16-/m1/s1. The summed E-state index contributed by atoms with van der Waals surface area (Å²) in [5, 5.41) is 2.85. The summed E-state index contributed by atoms with van der Waals surface area (Å²) in [6.07, 6.45) is 4.33. The van der Waals surface area contributed by atoms with E-state index in [4.69, 9.17) is 0 Å². The average molecular weight is 430 g/mol. The molecular formula is C25H20F2N4O. The van der Waals surface area contributed by atoms with Crippen LogP contribution in [0, 0.1) is 18.6 Å². The molecule has 4 rings (SSSR count). The number of nitrogens with zero attached hydrogens (tertiary/aromatic N) is 3. The Kier molecular flexibility index (Phi) is 5.98. The van der Waals surface area contributed by atoms with Crippen molar-refractivity contribution in [1.29, 1.82) is 0 Å². The molecule has 0 aliphatic rings. The highest BCUT2D eigenvalue weighted by molar-refractivity contribution is 5.97. The lowest BCUT2D eigenvalue weighted by atomic mass is 9.99. The second-order valence-electron chi connectivity index (χ2n) is 7.45. The van der Waals surface area contributed by atoms with Gasteiger partial charge < -0.3 is 5.32 Å². The number of aryl methyl sites for hydroxylation is 1. The predicted octanol–water partition coefficient (Wildman–Crippen LogP) is 5.28. The first-order valence-electron chi connectivity index (χ1n) is 10.0. The van der Waals surface area contributed by atoms with Crippen molar-refractivity contribution in [3.63, 3.8) is 0 Å². The number of halogens is 2. The van der Waals surface area contributed by atoms with Crippen LogP contribution in [0.15, 0.2) is 73.2 Å². The van der Waals surface area contributed by atoms with Crippen LogP contribution in [0.4, 0.5) is 8.78 Å². The molecule has 1 amide bonds. The van der Waals surface area contributed by atoms with E-state index in [1.807, 2.05) is 19.1 Å². The normalized spacial score (nSPS) is 11.8. The van der Waals surface area contributed by atoms with Gasteiger partial charge in [-0.25, -0.2) is 8.78 Å². The number of carbonyl (C=O) groups excluding carboxylic acids is 1. The van der Waals surface area contributed by atoms with E-state index >= 15 is 0 Å². The predicted molar refractivity (Wildman–Crippen MR) is 118 cm³/mol. The lowest BCUT2D eigenvalue weighted by molar-refractivity contribution is 0.0939. The van der Waals surface area contributed by atoms with E-state index in [9.17, 15) is 13.6 Å². The van der Waals surface area contributed by atoms with E-state index in [1.165, 1.54) is 30.5 Å². The molecule has 0 spiro atoms. The maximum Gasteiger partial charge on any atom is 0.251 e. The molecule has 32 heavy (non-hydrogen) atoms. The van der Waals surface area contributed by atoms with Crippen molar-refractivity contribution in [3.8, 4) is 22.5 Å². The Morgan fingerprint density at radius 1 is 0.938 bits per heavy atom. The number of amides is 1. The summed E-state index contributed by atoms with van der Waals surface area (Å²) in [5.74, 6) is -1.32. The minimum atomic E-state index is -0.489. The highest BCUT2D eigenvalue weighted by atomic mass is 19.1. The SMILES string of the molecule is Cc1ccc(-c2cc(C(=O)N[C@H](C)c3ccc(F)cn3)cc(-c3ncccc3F)c2)nc1. The zero-order chi connectivity index (χ0) is 22.7. The number of benzene rings is 1. The van der Waals surface area contributed by atoms with Crippen LogP contribution in [0.1, 0.15) is 34.6 Å². The van der Waals surface area contributed by atoms with Crippen LogP contribution in [-0.4, -0.2) is 20.9 Å². The number of hydrogen-bond donors (Lipinski definition) is 1. The average Bonchev–Trinajstić information content (AvgIpc) is 2.80. The third-order valence-electron chi connectivity index (χ3n) is 4.98. The Bertz CT molecular complexity index is 1260. The molecule has 5 nitrogen and oxygen atoms in total. The first-order chi connectivity index (χ1) is 15.4. The van der Waals surface area contributed by atoms with Gasteiger partial charge in [-0.05, 0) is 67.9 Å². The highest BCUT2D eigenvalue weighted by Gasteiger charge is 2.17. The monoisotopic (exact) mass is 430 g/mol. The van der Waals surface area contributed by atoms with Gasteiger partial charge in [0.25, 0.3) is 5.91 Å². The zero-order valence-electron chi connectivity index (χ0n) is 17.5. The third-order valence-corrected chi connectivity index (χ3v) is 4.98. The zero-order valence-corrected chi connectivity index (χ0v) is 17.5. The first kappa shape index (κ1) is 21.2. The fourth-order valence-corrected chi connectivity index (χ4v) is 3.28. The molecule has 0 saturated carbocycles. The molecule has 4 aromatic rings. The molecular weight excluding hydrogens is 410 g/mol. The first-order valence-corrected chi connectivity index (χ1v) is 10.0. The summed E-state index contributed by atoms with van der Waals surface area (Å²) < 4.78 is 27.6. The van der Waals surface area contributed by atoms with Crippen molar-refractivity contribution in [2.75, 3.05) is 0 Å². The molecule has 3 aromatic heterocycles. The molecule has 0 saturated heterocycles. The fraction of sp³-hybridized carbons (Fsp3) is 0.120. The van der Waals surface area contributed by atoms with Crippen molar-refractivity contribution < 1.29 is 13.6 Å². The second kappa shape index (κ2) is 9.01. The van der Waals surface area contributed by atoms with Crippen molar-refractivity contribution >= 4 is 5.91 Å². The number of pyridine rings is 3. The number of carbonyl (C=O) groups is 1. The van der Waals surface area contributed by atoms with Crippen LogP contribution in [0.25, 0.3) is 22.5 Å². The van der Waals surface area contributed by atoms with Gasteiger partial charge in [-0.1, -0.05) is 6.07 Å². The minimum Gasteiger partial charge on any atom is -0.344 e. The molecule has 3 heterocycles. The van der Waals surface area contributed by atoms with Crippen molar-refractivity contribution in [2.24, 2.45) is 0 Å². The summed E-state index contributed by atoms with van der Waals surface area (Å²) in [4.78, 5) is 25.6. The summed E-state index contributed by atoms with van der Waals surface area (Å²) in [6.45, 7) is 3.68. The lowest BCUT2D eigenvalue weighted by Gasteiger charge is -2.15. The Balaban J connectivity index is 1.73. The maximum atomic E-state index is 14.4. The molecule has 0 aliphatic carbocycles. The Morgan fingerprint density at radius 2 is 1.75 bits per heavy atom. The van der Waals surface area contributed by atoms with Crippen LogP contribution in [0.3, 0.4) is 0 Å². The molecule has 1 N–H and O–H groups in total. The largest absolute Gasteiger partial charge is 0.344 e. The smallest absolute Gasteiger partial charge is 0.251 e. The molecule has 160 valence electrons. The van der Waals surface area contributed by atoms with Gasteiger partial charge in [0.1, 0.15) is 17.3 Å². The summed E-state index contributed by atoms with van der Waals surface area (Å²) >= 11 is 0. The van der Waals surface area contributed by atoms with Crippen molar-refractivity contribution in [3.05, 3.63) is 102 Å². The van der Waals surface area contributed by atoms with Gasteiger partial charge >= 0.3 is 0 Å². The summed E-state index contributed by atoms with van der Waals surface area (Å²) in [6, 6.07) is 14.0. The quantitative estimate of drug-likeness (QED) is 0.468. The number of nitrogens with one attached hydrogen (secondary N) is 1. The van der Waals surface area contributed by atoms with E-state index in [2.05, 4.69) is 20.3 Å². The van der Waals surface area contributed by atoms with Gasteiger partial charge in [0.05, 0.1) is 23.6 Å². The van der Waals surface area contributed by atoms with Gasteiger partial charge in [0.15, 0.2) is 0 Å². The summed E-state index contributed by atoms with van der Waals surface area (Å²) in [7, 11) is 0. The molecule has 1 atom stereocenters. The topological polar surface area (TPSA) is 67.8 Å². The van der Waals surface area contributed by atoms with Gasteiger partial charge in [0, 0.05) is 29.1 Å². The van der Waals surface area contributed by atoms with Crippen LogP contribution >= 0.6 is 0 Å². The highest BCUT2D eigenvalue weighted by Crippen LogP contribution is 2.28. The lowest BCUT2D eigenvalue weighted by Crippen LogP contribution is -2.27.